The van der Waals surface area contributed by atoms with E-state index in [0.29, 0.717) is 17.0 Å². The van der Waals surface area contributed by atoms with Crippen LogP contribution in [0.25, 0.3) is 6.08 Å². The van der Waals surface area contributed by atoms with Crippen molar-refractivity contribution in [2.75, 3.05) is 18.4 Å². The predicted octanol–water partition coefficient (Wildman–Crippen LogP) is 4.21. The maximum atomic E-state index is 13.6. The minimum absolute atomic E-state index is 0.00533. The number of rotatable bonds is 9. The van der Waals surface area contributed by atoms with Gasteiger partial charge in [0.2, 0.25) is 5.78 Å². The molecule has 0 aliphatic carbocycles. The van der Waals surface area contributed by atoms with Gasteiger partial charge in [-0.25, -0.2) is 22.0 Å². The average Bonchev–Trinajstić information content (AvgIpc) is 2.83. The molecule has 0 unspecified atom stereocenters. The number of hydrogen-bond donors (Lipinski definition) is 1. The van der Waals surface area contributed by atoms with Crippen LogP contribution in [-0.2, 0) is 19.6 Å². The third-order valence-corrected chi connectivity index (χ3v) is 5.92. The van der Waals surface area contributed by atoms with E-state index in [-0.39, 0.29) is 4.90 Å². The van der Waals surface area contributed by atoms with Crippen LogP contribution in [0.1, 0.15) is 15.9 Å². The van der Waals surface area contributed by atoms with Gasteiger partial charge in [0.15, 0.2) is 6.61 Å². The molecule has 0 radical (unpaired) electrons. The fraction of sp³-hybridized carbons (Fsp3) is 0.0833. The summed E-state index contributed by atoms with van der Waals surface area (Å²) in [7, 11) is -2.33. The van der Waals surface area contributed by atoms with Crippen LogP contribution in [0.3, 0.4) is 0 Å². The van der Waals surface area contributed by atoms with Crippen molar-refractivity contribution in [2.45, 2.75) is 4.90 Å². The Kier molecular flexibility index (Phi) is 7.75. The van der Waals surface area contributed by atoms with Crippen molar-refractivity contribution in [3.05, 3.63) is 95.6 Å². The van der Waals surface area contributed by atoms with Gasteiger partial charge in [0.1, 0.15) is 17.4 Å². The van der Waals surface area contributed by atoms with Gasteiger partial charge in [0, 0.05) is 11.8 Å². The van der Waals surface area contributed by atoms with Crippen molar-refractivity contribution in [3.63, 3.8) is 0 Å². The summed E-state index contributed by atoms with van der Waals surface area (Å²) >= 11 is 0. The second kappa shape index (κ2) is 10.7. The molecule has 1 N–H and O–H groups in total. The summed E-state index contributed by atoms with van der Waals surface area (Å²) < 4.78 is 64.0. The number of carbonyl (C=O) groups is 2. The van der Waals surface area contributed by atoms with Crippen LogP contribution in [-0.4, -0.2) is 33.9 Å². The molecule has 0 aliphatic rings. The summed E-state index contributed by atoms with van der Waals surface area (Å²) in [5.74, 6) is -2.90. The summed E-state index contributed by atoms with van der Waals surface area (Å²) in [6.45, 7) is -0.766. The van der Waals surface area contributed by atoms with Crippen LogP contribution in [0.5, 0.6) is 5.75 Å². The van der Waals surface area contributed by atoms with Crippen molar-refractivity contribution in [1.29, 1.82) is 0 Å². The second-order valence-corrected chi connectivity index (χ2v) is 8.57. The zero-order chi connectivity index (χ0) is 24.7. The maximum absolute atomic E-state index is 13.6. The maximum Gasteiger partial charge on any atom is 0.331 e. The molecular formula is C24H19F2NO6S. The number of ketones is 1. The Balaban J connectivity index is 1.57. The lowest BCUT2D eigenvalue weighted by molar-refractivity contribution is -0.136. The molecule has 176 valence electrons. The van der Waals surface area contributed by atoms with E-state index in [2.05, 4.69) is 4.72 Å². The Morgan fingerprint density at radius 3 is 2.29 bits per heavy atom. The number of nitrogens with one attached hydrogen (secondary N) is 1. The van der Waals surface area contributed by atoms with Crippen molar-refractivity contribution < 1.29 is 36.3 Å². The van der Waals surface area contributed by atoms with Crippen LogP contribution in [0.4, 0.5) is 14.5 Å². The van der Waals surface area contributed by atoms with Crippen molar-refractivity contribution in [1.82, 2.24) is 0 Å². The lowest BCUT2D eigenvalue weighted by Crippen LogP contribution is -2.14. The summed E-state index contributed by atoms with van der Waals surface area (Å²) in [5.41, 5.74) is 0.333. The second-order valence-electron chi connectivity index (χ2n) is 6.89. The molecular weight excluding hydrogens is 468 g/mol. The summed E-state index contributed by atoms with van der Waals surface area (Å²) in [6, 6.07) is 14.4. The van der Waals surface area contributed by atoms with E-state index >= 15 is 0 Å². The van der Waals surface area contributed by atoms with E-state index in [4.69, 9.17) is 9.47 Å². The molecule has 10 heteroatoms. The number of sulfonamides is 1. The Morgan fingerprint density at radius 2 is 1.65 bits per heavy atom. The standard InChI is InChI=1S/C24H19F2NO6S/c1-32-19-8-6-18(7-9-19)27-34(30,31)20-10-2-16(3-11-20)4-13-24(29)33-15-23(28)21-14-17(25)5-12-22(21)26/h2-14,27H,15H2,1H3/b13-4+. The molecule has 0 bridgehead atoms. The largest absolute Gasteiger partial charge is 0.497 e. The number of esters is 1. The van der Waals surface area contributed by atoms with E-state index in [0.717, 1.165) is 24.3 Å². The van der Waals surface area contributed by atoms with Gasteiger partial charge in [-0.2, -0.15) is 0 Å². The Bertz CT molecular complexity index is 1320. The minimum atomic E-state index is -3.83. The van der Waals surface area contributed by atoms with Gasteiger partial charge in [-0.05, 0) is 66.2 Å². The summed E-state index contributed by atoms with van der Waals surface area (Å²) in [6.07, 6.45) is 2.37. The zero-order valence-electron chi connectivity index (χ0n) is 17.8. The quantitative estimate of drug-likeness (QED) is 0.276. The van der Waals surface area contributed by atoms with E-state index < -0.39 is 45.6 Å². The molecule has 0 fully saturated rings. The third-order valence-electron chi connectivity index (χ3n) is 4.52. The lowest BCUT2D eigenvalue weighted by atomic mass is 10.1. The zero-order valence-corrected chi connectivity index (χ0v) is 18.6. The summed E-state index contributed by atoms with van der Waals surface area (Å²) in [5, 5.41) is 0. The first-order valence-corrected chi connectivity index (χ1v) is 11.3. The Labute approximate surface area is 194 Å². The molecule has 0 heterocycles. The lowest BCUT2D eigenvalue weighted by Gasteiger charge is -2.09. The van der Waals surface area contributed by atoms with E-state index in [1.807, 2.05) is 0 Å². The van der Waals surface area contributed by atoms with Crippen molar-refractivity contribution in [2.24, 2.45) is 0 Å². The first-order chi connectivity index (χ1) is 16.2. The first kappa shape index (κ1) is 24.6. The first-order valence-electron chi connectivity index (χ1n) is 9.78. The fourth-order valence-corrected chi connectivity index (χ4v) is 3.83. The molecule has 34 heavy (non-hydrogen) atoms. The summed E-state index contributed by atoms with van der Waals surface area (Å²) in [4.78, 5) is 23.8. The molecule has 7 nitrogen and oxygen atoms in total. The number of methoxy groups -OCH3 is 1. The minimum Gasteiger partial charge on any atom is -0.497 e. The highest BCUT2D eigenvalue weighted by Gasteiger charge is 2.15. The van der Waals surface area contributed by atoms with Crippen molar-refractivity contribution in [3.8, 4) is 5.75 Å². The topological polar surface area (TPSA) is 98.8 Å². The van der Waals surface area contributed by atoms with E-state index in [1.165, 1.54) is 37.5 Å². The number of anilines is 1. The molecule has 3 rings (SSSR count). The van der Waals surface area contributed by atoms with Gasteiger partial charge >= 0.3 is 5.97 Å². The molecule has 0 amide bonds. The Hall–Kier alpha value is -4.05. The number of ether oxygens (including phenoxy) is 2. The molecule has 0 aromatic heterocycles. The molecule has 0 saturated heterocycles. The Morgan fingerprint density at radius 1 is 0.971 bits per heavy atom. The molecule has 0 atom stereocenters. The third kappa shape index (κ3) is 6.48. The molecule has 3 aromatic rings. The fourth-order valence-electron chi connectivity index (χ4n) is 2.77. The highest BCUT2D eigenvalue weighted by molar-refractivity contribution is 7.92. The van der Waals surface area contributed by atoms with Gasteiger partial charge in [-0.15, -0.1) is 0 Å². The number of carbonyl (C=O) groups excluding carboxylic acids is 2. The van der Waals surface area contributed by atoms with Crippen LogP contribution in [0, 0.1) is 11.6 Å². The SMILES string of the molecule is COc1ccc(NS(=O)(=O)c2ccc(/C=C/C(=O)OCC(=O)c3cc(F)ccc3F)cc2)cc1. The van der Waals surface area contributed by atoms with Crippen molar-refractivity contribution >= 4 is 33.5 Å². The van der Waals surface area contributed by atoms with Gasteiger partial charge in [-0.1, -0.05) is 12.1 Å². The van der Waals surface area contributed by atoms with Crippen LogP contribution in [0.2, 0.25) is 0 Å². The number of halogens is 2. The van der Waals surface area contributed by atoms with Gasteiger partial charge in [-0.3, -0.25) is 9.52 Å². The smallest absolute Gasteiger partial charge is 0.331 e. The van der Waals surface area contributed by atoms with Crippen LogP contribution in [0.15, 0.2) is 77.7 Å². The number of hydrogen-bond acceptors (Lipinski definition) is 6. The van der Waals surface area contributed by atoms with Crippen LogP contribution < -0.4 is 9.46 Å². The highest BCUT2D eigenvalue weighted by Crippen LogP contribution is 2.20. The number of benzene rings is 3. The van der Waals surface area contributed by atoms with E-state index in [1.54, 1.807) is 24.3 Å². The van der Waals surface area contributed by atoms with Gasteiger partial charge in [0.05, 0.1) is 17.6 Å². The number of Topliss-reactive ketones (excluding diaryl/α,β-unsaturated/α-hetero) is 1. The molecule has 3 aromatic carbocycles. The van der Waals surface area contributed by atoms with E-state index in [9.17, 15) is 26.8 Å². The highest BCUT2D eigenvalue weighted by atomic mass is 32.2. The average molecular weight is 487 g/mol. The molecule has 0 spiro atoms. The monoisotopic (exact) mass is 487 g/mol. The predicted molar refractivity (Wildman–Crippen MR) is 121 cm³/mol. The normalized spacial score (nSPS) is 11.3. The van der Waals surface area contributed by atoms with Gasteiger partial charge < -0.3 is 9.47 Å². The molecule has 0 aliphatic heterocycles. The van der Waals surface area contributed by atoms with Gasteiger partial charge in [0.25, 0.3) is 10.0 Å². The molecule has 0 saturated carbocycles. The van der Waals surface area contributed by atoms with Crippen LogP contribution >= 0.6 is 0 Å².